The maximum Gasteiger partial charge on any atom is 0.374 e. The number of fused-ring (bicyclic) bond motifs is 1. The van der Waals surface area contributed by atoms with Gasteiger partial charge in [0, 0.05) is 13.0 Å². The Labute approximate surface area is 177 Å². The molecule has 2 unspecified atom stereocenters. The lowest BCUT2D eigenvalue weighted by Gasteiger charge is -2.32. The van der Waals surface area contributed by atoms with Crippen LogP contribution in [0.3, 0.4) is 0 Å². The number of carbonyl (C=O) groups excluding carboxylic acids is 3. The van der Waals surface area contributed by atoms with Gasteiger partial charge in [-0.1, -0.05) is 46.0 Å². The van der Waals surface area contributed by atoms with Gasteiger partial charge in [-0.3, -0.25) is 14.4 Å². The minimum absolute atomic E-state index is 0.00752. The molecule has 2 N–H and O–H groups in total. The van der Waals surface area contributed by atoms with E-state index in [2.05, 4.69) is 19.2 Å². The van der Waals surface area contributed by atoms with Crippen molar-refractivity contribution < 1.29 is 24.3 Å². The fraction of sp³-hybridized carbons (Fsp3) is 0.826. The van der Waals surface area contributed by atoms with Gasteiger partial charge in [0.2, 0.25) is 11.8 Å². The molecule has 0 aromatic heterocycles. The van der Waals surface area contributed by atoms with Gasteiger partial charge in [0.1, 0.15) is 6.04 Å². The molecule has 7 nitrogen and oxygen atoms in total. The highest BCUT2D eigenvalue weighted by Gasteiger charge is 2.69. The molecule has 7 heteroatoms. The minimum Gasteiger partial charge on any atom is -0.475 e. The molecular weight excluding hydrogens is 384 g/mol. The van der Waals surface area contributed by atoms with E-state index in [9.17, 15) is 19.2 Å². The van der Waals surface area contributed by atoms with Crippen molar-refractivity contribution in [2.45, 2.75) is 83.7 Å². The third-order valence-corrected chi connectivity index (χ3v) is 8.10. The Hall–Kier alpha value is -1.92. The van der Waals surface area contributed by atoms with Gasteiger partial charge in [0.15, 0.2) is 0 Å². The summed E-state index contributed by atoms with van der Waals surface area (Å²) in [5.41, 5.74) is -0.00752. The largest absolute Gasteiger partial charge is 0.475 e. The first-order chi connectivity index (χ1) is 14.2. The number of ketones is 1. The molecule has 3 aliphatic carbocycles. The molecule has 0 spiro atoms. The van der Waals surface area contributed by atoms with E-state index in [1.165, 1.54) is 19.3 Å². The van der Waals surface area contributed by atoms with Gasteiger partial charge in [0.05, 0.1) is 6.04 Å². The van der Waals surface area contributed by atoms with Crippen LogP contribution in [0.15, 0.2) is 0 Å². The summed E-state index contributed by atoms with van der Waals surface area (Å²) in [7, 11) is 0. The third kappa shape index (κ3) is 4.12. The average Bonchev–Trinajstić information content (AvgIpc) is 3.54. The Morgan fingerprint density at radius 3 is 2.30 bits per heavy atom. The summed E-state index contributed by atoms with van der Waals surface area (Å²) < 4.78 is 0. The van der Waals surface area contributed by atoms with E-state index in [1.54, 1.807) is 4.90 Å². The number of amides is 2. The topological polar surface area (TPSA) is 104 Å². The average molecular weight is 419 g/mol. The van der Waals surface area contributed by atoms with Gasteiger partial charge in [-0.2, -0.15) is 0 Å². The Kier molecular flexibility index (Phi) is 5.66. The molecule has 1 aliphatic heterocycles. The summed E-state index contributed by atoms with van der Waals surface area (Å²) in [6.07, 6.45) is 8.51. The molecule has 0 bridgehead atoms. The summed E-state index contributed by atoms with van der Waals surface area (Å²) in [6.45, 7) is 4.83. The second-order valence-electron chi connectivity index (χ2n) is 10.6. The molecule has 3 saturated carbocycles. The molecule has 0 aromatic carbocycles. The van der Waals surface area contributed by atoms with Crippen molar-refractivity contribution in [3.8, 4) is 0 Å². The number of nitrogens with zero attached hydrogens (tertiary/aromatic N) is 1. The number of hydrogen-bond donors (Lipinski definition) is 2. The lowest BCUT2D eigenvalue weighted by Crippen LogP contribution is -2.54. The van der Waals surface area contributed by atoms with Gasteiger partial charge in [-0.15, -0.1) is 0 Å². The van der Waals surface area contributed by atoms with Crippen LogP contribution in [0.4, 0.5) is 0 Å². The SMILES string of the molecule is CC1(C)C2CN(C(=O)CC3CCCCC3)[C@H](C(=O)NC(CC3CC3)C(=O)C(=O)O)[C@H]21. The summed E-state index contributed by atoms with van der Waals surface area (Å²) in [5, 5.41) is 11.9. The molecule has 30 heavy (non-hydrogen) atoms. The molecule has 4 fully saturated rings. The van der Waals surface area contributed by atoms with Crippen LogP contribution in [-0.2, 0) is 19.2 Å². The number of piperidine rings is 1. The lowest BCUT2D eigenvalue weighted by molar-refractivity contribution is -0.151. The Balaban J connectivity index is 1.46. The number of Topliss-reactive ketones (excluding diaryl/α,β-unsaturated/α-hetero) is 1. The van der Waals surface area contributed by atoms with Crippen LogP contribution in [-0.4, -0.2) is 52.2 Å². The normalized spacial score (nSPS) is 31.0. The van der Waals surface area contributed by atoms with Gasteiger partial charge < -0.3 is 15.3 Å². The number of carboxylic acid groups (broad SMARTS) is 1. The van der Waals surface area contributed by atoms with Gasteiger partial charge >= 0.3 is 5.97 Å². The maximum atomic E-state index is 13.3. The number of aliphatic carboxylic acids is 1. The maximum absolute atomic E-state index is 13.3. The van der Waals surface area contributed by atoms with Gasteiger partial charge in [-0.05, 0) is 48.3 Å². The minimum atomic E-state index is -1.51. The zero-order chi connectivity index (χ0) is 21.6. The highest BCUT2D eigenvalue weighted by molar-refractivity contribution is 6.35. The predicted molar refractivity (Wildman–Crippen MR) is 109 cm³/mol. The van der Waals surface area contributed by atoms with Crippen molar-refractivity contribution >= 4 is 23.6 Å². The number of likely N-dealkylation sites (tertiary alicyclic amines) is 1. The molecule has 2 amide bonds. The smallest absolute Gasteiger partial charge is 0.374 e. The highest BCUT2D eigenvalue weighted by atomic mass is 16.4. The Morgan fingerprint density at radius 1 is 1.03 bits per heavy atom. The number of hydrogen-bond acceptors (Lipinski definition) is 4. The van der Waals surface area contributed by atoms with Crippen LogP contribution < -0.4 is 5.32 Å². The van der Waals surface area contributed by atoms with Crippen LogP contribution in [0, 0.1) is 29.1 Å². The first kappa shape index (κ1) is 21.3. The Morgan fingerprint density at radius 2 is 1.70 bits per heavy atom. The quantitative estimate of drug-likeness (QED) is 0.589. The van der Waals surface area contributed by atoms with Crippen molar-refractivity contribution in [2.75, 3.05) is 6.54 Å². The fourth-order valence-corrected chi connectivity index (χ4v) is 5.92. The van der Waals surface area contributed by atoms with Crippen LogP contribution in [0.25, 0.3) is 0 Å². The number of carboxylic acids is 1. The number of rotatable bonds is 8. The van der Waals surface area contributed by atoms with E-state index < -0.39 is 23.8 Å². The summed E-state index contributed by atoms with van der Waals surface area (Å²) >= 11 is 0. The highest BCUT2D eigenvalue weighted by Crippen LogP contribution is 2.65. The number of nitrogens with one attached hydrogen (secondary N) is 1. The van der Waals surface area contributed by atoms with E-state index in [0.717, 1.165) is 25.7 Å². The second kappa shape index (κ2) is 7.97. The molecule has 0 radical (unpaired) electrons. The molecule has 1 heterocycles. The van der Waals surface area contributed by atoms with Crippen LogP contribution in [0.2, 0.25) is 0 Å². The van der Waals surface area contributed by atoms with E-state index in [-0.39, 0.29) is 23.1 Å². The van der Waals surface area contributed by atoms with Crippen LogP contribution in [0.5, 0.6) is 0 Å². The van der Waals surface area contributed by atoms with Crippen molar-refractivity contribution in [3.63, 3.8) is 0 Å². The van der Waals surface area contributed by atoms with E-state index in [0.29, 0.717) is 37.1 Å². The molecular formula is C23H34N2O5. The fourth-order valence-electron chi connectivity index (χ4n) is 5.92. The third-order valence-electron chi connectivity index (χ3n) is 8.10. The lowest BCUT2D eigenvalue weighted by atomic mass is 9.86. The zero-order valence-electron chi connectivity index (χ0n) is 18.1. The molecule has 1 saturated heterocycles. The summed E-state index contributed by atoms with van der Waals surface area (Å²) in [5.74, 6) is -1.72. The zero-order valence-corrected chi connectivity index (χ0v) is 18.1. The molecule has 4 atom stereocenters. The van der Waals surface area contributed by atoms with Crippen LogP contribution >= 0.6 is 0 Å². The molecule has 0 aromatic rings. The second-order valence-corrected chi connectivity index (χ2v) is 10.6. The van der Waals surface area contributed by atoms with Gasteiger partial charge in [-0.25, -0.2) is 4.79 Å². The van der Waals surface area contributed by atoms with Gasteiger partial charge in [0.25, 0.3) is 5.78 Å². The van der Waals surface area contributed by atoms with Crippen molar-refractivity contribution in [1.29, 1.82) is 0 Å². The van der Waals surface area contributed by atoms with E-state index in [4.69, 9.17) is 5.11 Å². The van der Waals surface area contributed by atoms with E-state index in [1.807, 2.05) is 0 Å². The first-order valence-electron chi connectivity index (χ1n) is 11.6. The number of carbonyl (C=O) groups is 4. The van der Waals surface area contributed by atoms with Crippen molar-refractivity contribution in [1.82, 2.24) is 10.2 Å². The monoisotopic (exact) mass is 418 g/mol. The standard InChI is InChI=1S/C23H34N2O5/c1-23(2)15-12-25(17(26)11-13-6-4-3-5-7-13)19(18(15)23)21(28)24-16(10-14-8-9-14)20(27)22(29)30/h13-16,18-19H,3-12H2,1-2H3,(H,24,28)(H,29,30)/t15?,16?,18-,19-/m0/s1. The molecule has 166 valence electrons. The van der Waals surface area contributed by atoms with Crippen LogP contribution in [0.1, 0.15) is 71.6 Å². The molecule has 4 aliphatic rings. The van der Waals surface area contributed by atoms with Crippen molar-refractivity contribution in [2.24, 2.45) is 29.1 Å². The first-order valence-corrected chi connectivity index (χ1v) is 11.6. The molecule has 4 rings (SSSR count). The van der Waals surface area contributed by atoms with Crippen molar-refractivity contribution in [3.05, 3.63) is 0 Å². The Bertz CT molecular complexity index is 738. The predicted octanol–water partition coefficient (Wildman–Crippen LogP) is 2.38. The van der Waals surface area contributed by atoms with E-state index >= 15 is 0 Å². The summed E-state index contributed by atoms with van der Waals surface area (Å²) in [6, 6.07) is -1.59. The summed E-state index contributed by atoms with van der Waals surface area (Å²) in [4.78, 5) is 51.5.